The summed E-state index contributed by atoms with van der Waals surface area (Å²) in [5.41, 5.74) is 1.96. The first-order chi connectivity index (χ1) is 12.0. The molecule has 0 heterocycles. The second-order valence-corrected chi connectivity index (χ2v) is 9.03. The SMILES string of the molecule is O=C(O)/C(Br)=C(/Br)C(=O)Nc1ccc([Se]CCc2ccccc2)cc1. The van der Waals surface area contributed by atoms with E-state index in [1.807, 2.05) is 30.3 Å². The van der Waals surface area contributed by atoms with E-state index in [2.05, 4.69) is 61.4 Å². The summed E-state index contributed by atoms with van der Waals surface area (Å²) in [6.07, 6.45) is 1.06. The Morgan fingerprint density at radius 3 is 2.20 bits per heavy atom. The predicted octanol–water partition coefficient (Wildman–Crippen LogP) is 3.70. The molecule has 0 aliphatic rings. The summed E-state index contributed by atoms with van der Waals surface area (Å²) in [6, 6.07) is 18.0. The van der Waals surface area contributed by atoms with Crippen LogP contribution in [0.25, 0.3) is 0 Å². The van der Waals surface area contributed by atoms with E-state index < -0.39 is 11.9 Å². The van der Waals surface area contributed by atoms with Crippen molar-refractivity contribution in [2.75, 3.05) is 5.32 Å². The Morgan fingerprint density at radius 2 is 1.60 bits per heavy atom. The summed E-state index contributed by atoms with van der Waals surface area (Å²) >= 11 is 6.20. The third-order valence-corrected chi connectivity index (χ3v) is 7.35. The zero-order valence-corrected chi connectivity index (χ0v) is 17.9. The first-order valence-corrected chi connectivity index (χ1v) is 11.0. The van der Waals surface area contributed by atoms with Crippen LogP contribution in [0.4, 0.5) is 5.69 Å². The third-order valence-electron chi connectivity index (χ3n) is 3.19. The Morgan fingerprint density at radius 1 is 0.960 bits per heavy atom. The molecule has 0 unspecified atom stereocenters. The number of carboxylic acids is 1. The van der Waals surface area contributed by atoms with Gasteiger partial charge in [-0.15, -0.1) is 0 Å². The Kier molecular flexibility index (Phi) is 7.90. The molecule has 0 aromatic heterocycles. The normalized spacial score (nSPS) is 11.6. The van der Waals surface area contributed by atoms with Crippen molar-refractivity contribution in [1.82, 2.24) is 0 Å². The number of benzene rings is 2. The monoisotopic (exact) mass is 531 g/mol. The average molecular weight is 532 g/mol. The fraction of sp³-hybridized carbons (Fsp3) is 0.111. The van der Waals surface area contributed by atoms with Gasteiger partial charge >= 0.3 is 170 Å². The topological polar surface area (TPSA) is 66.4 Å². The van der Waals surface area contributed by atoms with Gasteiger partial charge in [0.1, 0.15) is 0 Å². The number of hydrogen-bond acceptors (Lipinski definition) is 2. The van der Waals surface area contributed by atoms with E-state index in [1.54, 1.807) is 0 Å². The number of amides is 1. The first-order valence-electron chi connectivity index (χ1n) is 7.34. The maximum absolute atomic E-state index is 12.0. The van der Waals surface area contributed by atoms with Gasteiger partial charge in [0.05, 0.1) is 0 Å². The number of rotatable bonds is 7. The molecule has 2 aromatic carbocycles. The standard InChI is InChI=1S/C18H15Br2NO3Se/c19-15(16(20)18(23)24)17(22)21-13-6-8-14(9-7-13)25-11-10-12-4-2-1-3-5-12/h1-9H,10-11H2,(H,21,22)(H,23,24)/b16-15-. The van der Waals surface area contributed by atoms with Crippen LogP contribution in [0.3, 0.4) is 0 Å². The Hall–Kier alpha value is -1.40. The molecule has 0 aliphatic carbocycles. The van der Waals surface area contributed by atoms with E-state index in [9.17, 15) is 9.59 Å². The van der Waals surface area contributed by atoms with Gasteiger partial charge in [-0.05, 0) is 0 Å². The van der Waals surface area contributed by atoms with Gasteiger partial charge in [-0.2, -0.15) is 0 Å². The zero-order valence-electron chi connectivity index (χ0n) is 13.0. The molecule has 0 atom stereocenters. The number of hydrogen-bond donors (Lipinski definition) is 2. The van der Waals surface area contributed by atoms with Crippen molar-refractivity contribution in [1.29, 1.82) is 0 Å². The molecular weight excluding hydrogens is 517 g/mol. The van der Waals surface area contributed by atoms with Gasteiger partial charge in [0.2, 0.25) is 0 Å². The van der Waals surface area contributed by atoms with Crippen LogP contribution in [-0.2, 0) is 16.0 Å². The van der Waals surface area contributed by atoms with E-state index in [4.69, 9.17) is 5.11 Å². The van der Waals surface area contributed by atoms with Gasteiger partial charge in [0.25, 0.3) is 0 Å². The fourth-order valence-corrected chi connectivity index (χ4v) is 4.29. The number of halogens is 2. The molecule has 0 spiro atoms. The molecule has 0 radical (unpaired) electrons. The van der Waals surface area contributed by atoms with Crippen molar-refractivity contribution in [2.45, 2.75) is 11.7 Å². The van der Waals surface area contributed by atoms with Crippen LogP contribution in [0, 0.1) is 0 Å². The van der Waals surface area contributed by atoms with Crippen LogP contribution in [-0.4, -0.2) is 31.9 Å². The number of aryl methyl sites for hydroxylation is 1. The van der Waals surface area contributed by atoms with Crippen LogP contribution >= 0.6 is 31.9 Å². The maximum atomic E-state index is 12.0. The molecule has 0 bridgehead atoms. The van der Waals surface area contributed by atoms with Crippen LogP contribution < -0.4 is 9.78 Å². The molecule has 0 aliphatic heterocycles. The van der Waals surface area contributed by atoms with Crippen molar-refractivity contribution in [3.8, 4) is 0 Å². The number of carbonyl (C=O) groups excluding carboxylic acids is 1. The Balaban J connectivity index is 1.88. The van der Waals surface area contributed by atoms with Gasteiger partial charge in [-0.3, -0.25) is 0 Å². The van der Waals surface area contributed by atoms with Gasteiger partial charge in [0, 0.05) is 0 Å². The number of nitrogens with one attached hydrogen (secondary N) is 1. The van der Waals surface area contributed by atoms with E-state index in [0.717, 1.165) is 11.7 Å². The minimum absolute atomic E-state index is 0.0591. The molecule has 4 nitrogen and oxygen atoms in total. The predicted molar refractivity (Wildman–Crippen MR) is 108 cm³/mol. The fourth-order valence-electron chi connectivity index (χ4n) is 1.95. The molecule has 0 saturated heterocycles. The summed E-state index contributed by atoms with van der Waals surface area (Å²) in [5, 5.41) is 12.6. The second-order valence-electron chi connectivity index (χ2n) is 5.00. The van der Waals surface area contributed by atoms with E-state index in [1.165, 1.54) is 10.0 Å². The summed E-state index contributed by atoms with van der Waals surface area (Å²) in [7, 11) is 0. The quantitative estimate of drug-likeness (QED) is 0.423. The van der Waals surface area contributed by atoms with Crippen molar-refractivity contribution in [3.05, 3.63) is 69.1 Å². The Labute approximate surface area is 169 Å². The molecule has 2 N–H and O–H groups in total. The molecule has 25 heavy (non-hydrogen) atoms. The summed E-state index contributed by atoms with van der Waals surface area (Å²) in [6.45, 7) is 0. The summed E-state index contributed by atoms with van der Waals surface area (Å²) in [5.74, 6) is -1.73. The van der Waals surface area contributed by atoms with Crippen molar-refractivity contribution < 1.29 is 14.7 Å². The van der Waals surface area contributed by atoms with Gasteiger partial charge in [-0.25, -0.2) is 0 Å². The minimum atomic E-state index is -1.21. The van der Waals surface area contributed by atoms with Crippen LogP contribution in [0.15, 0.2) is 63.6 Å². The summed E-state index contributed by atoms with van der Waals surface area (Å²) < 4.78 is 0.977. The van der Waals surface area contributed by atoms with Crippen molar-refractivity contribution in [3.63, 3.8) is 0 Å². The molecule has 1 amide bonds. The third kappa shape index (κ3) is 6.44. The van der Waals surface area contributed by atoms with Crippen molar-refractivity contribution in [2.24, 2.45) is 0 Å². The molecule has 0 fully saturated rings. The number of aliphatic carboxylic acids is 1. The number of carboxylic acid groups (broad SMARTS) is 1. The molecular formula is C18H15Br2NO3Se. The van der Waals surface area contributed by atoms with Gasteiger partial charge < -0.3 is 0 Å². The zero-order chi connectivity index (χ0) is 18.2. The second kappa shape index (κ2) is 9.92. The molecule has 2 rings (SSSR count). The van der Waals surface area contributed by atoms with Crippen LogP contribution in [0.1, 0.15) is 5.56 Å². The molecule has 130 valence electrons. The Bertz CT molecular complexity index is 777. The average Bonchev–Trinajstić information content (AvgIpc) is 2.62. The van der Waals surface area contributed by atoms with Crippen LogP contribution in [0.2, 0.25) is 5.32 Å². The number of carbonyl (C=O) groups is 2. The van der Waals surface area contributed by atoms with E-state index >= 15 is 0 Å². The van der Waals surface area contributed by atoms with E-state index in [-0.39, 0.29) is 8.96 Å². The van der Waals surface area contributed by atoms with Gasteiger partial charge in [-0.1, -0.05) is 0 Å². The van der Waals surface area contributed by atoms with E-state index in [0.29, 0.717) is 20.6 Å². The van der Waals surface area contributed by atoms with Crippen molar-refractivity contribution >= 4 is 68.8 Å². The molecule has 0 saturated carbocycles. The molecule has 2 aromatic rings. The number of anilines is 1. The van der Waals surface area contributed by atoms with Crippen LogP contribution in [0.5, 0.6) is 0 Å². The summed E-state index contributed by atoms with van der Waals surface area (Å²) in [4.78, 5) is 22.8. The first kappa shape index (κ1) is 19.9. The molecule has 7 heteroatoms. The van der Waals surface area contributed by atoms with Gasteiger partial charge in [0.15, 0.2) is 0 Å².